The van der Waals surface area contributed by atoms with Crippen LogP contribution in [0.1, 0.15) is 18.4 Å². The van der Waals surface area contributed by atoms with Crippen molar-refractivity contribution in [2.24, 2.45) is 5.73 Å². The molecule has 0 aromatic heterocycles. The molecule has 1 aliphatic carbocycles. The van der Waals surface area contributed by atoms with Gasteiger partial charge in [0.1, 0.15) is 16.5 Å². The molecule has 2 aromatic carbocycles. The van der Waals surface area contributed by atoms with E-state index in [1.54, 1.807) is 56.5 Å². The van der Waals surface area contributed by atoms with E-state index in [9.17, 15) is 13.2 Å². The van der Waals surface area contributed by atoms with Gasteiger partial charge in [-0.1, -0.05) is 30.3 Å². The monoisotopic (exact) mass is 375 g/mol. The van der Waals surface area contributed by atoms with Crippen LogP contribution < -0.4 is 10.5 Å². The van der Waals surface area contributed by atoms with Gasteiger partial charge in [-0.3, -0.25) is 0 Å². The molecule has 0 unspecified atom stereocenters. The van der Waals surface area contributed by atoms with Crippen molar-refractivity contribution in [1.82, 2.24) is 0 Å². The summed E-state index contributed by atoms with van der Waals surface area (Å²) in [5.41, 5.74) is 5.35. The number of hydrogen-bond acceptors (Lipinski definition) is 6. The maximum atomic E-state index is 13.1. The molecule has 7 heteroatoms. The van der Waals surface area contributed by atoms with E-state index in [4.69, 9.17) is 15.2 Å². The van der Waals surface area contributed by atoms with Gasteiger partial charge in [-0.2, -0.15) is 0 Å². The van der Waals surface area contributed by atoms with Crippen LogP contribution in [0.3, 0.4) is 0 Å². The number of nitrogens with two attached hydrogens (primary N) is 1. The molecule has 0 saturated heterocycles. The number of carbonyl (C=O) groups excluding carboxylic acids is 1. The van der Waals surface area contributed by atoms with E-state index < -0.39 is 32.5 Å². The Morgan fingerprint density at radius 3 is 2.27 bits per heavy atom. The lowest BCUT2D eigenvalue weighted by molar-refractivity contribution is -0.145. The normalized spacial score (nSPS) is 24.7. The standard InChI is InChI=1S/C19H21NO5S/c1-3-25-18(21)19(20)16(13-9-11-14(24-2)12-10-13)17(19)26(22,23)15-7-5-4-6-8-15/h4-12,16-17H,3,20H2,1-2H3/t16-,17-,19+/m1/s1. The maximum absolute atomic E-state index is 13.1. The van der Waals surface area contributed by atoms with Gasteiger partial charge in [0, 0.05) is 5.92 Å². The highest BCUT2D eigenvalue weighted by atomic mass is 32.2. The summed E-state index contributed by atoms with van der Waals surface area (Å²) in [7, 11) is -2.26. The Kier molecular flexibility index (Phi) is 4.77. The van der Waals surface area contributed by atoms with E-state index in [1.165, 1.54) is 12.1 Å². The van der Waals surface area contributed by atoms with Crippen molar-refractivity contribution < 1.29 is 22.7 Å². The fourth-order valence-corrected chi connectivity index (χ4v) is 5.58. The molecule has 138 valence electrons. The first-order valence-electron chi connectivity index (χ1n) is 8.26. The third kappa shape index (κ3) is 2.87. The first-order valence-corrected chi connectivity index (χ1v) is 9.81. The second-order valence-electron chi connectivity index (χ2n) is 6.18. The van der Waals surface area contributed by atoms with Crippen molar-refractivity contribution in [3.8, 4) is 5.75 Å². The average Bonchev–Trinajstić information content (AvgIpc) is 3.31. The average molecular weight is 375 g/mol. The van der Waals surface area contributed by atoms with Gasteiger partial charge in [-0.15, -0.1) is 0 Å². The molecular formula is C19H21NO5S. The fourth-order valence-electron chi connectivity index (χ4n) is 3.33. The number of sulfone groups is 1. The van der Waals surface area contributed by atoms with Crippen LogP contribution in [-0.4, -0.2) is 38.9 Å². The zero-order valence-corrected chi connectivity index (χ0v) is 15.4. The minimum Gasteiger partial charge on any atom is -0.497 e. The quantitative estimate of drug-likeness (QED) is 0.775. The van der Waals surface area contributed by atoms with E-state index in [1.807, 2.05) is 0 Å². The molecule has 1 saturated carbocycles. The molecule has 0 bridgehead atoms. The summed E-state index contributed by atoms with van der Waals surface area (Å²) < 4.78 is 36.4. The van der Waals surface area contributed by atoms with Crippen molar-refractivity contribution >= 4 is 15.8 Å². The van der Waals surface area contributed by atoms with Crippen LogP contribution in [0.4, 0.5) is 0 Å². The molecule has 0 aliphatic heterocycles. The van der Waals surface area contributed by atoms with Gasteiger partial charge in [0.15, 0.2) is 9.84 Å². The fraction of sp³-hybridized carbons (Fsp3) is 0.316. The second kappa shape index (κ2) is 6.74. The number of methoxy groups -OCH3 is 1. The highest BCUT2D eigenvalue weighted by Gasteiger charge is 2.74. The Hall–Kier alpha value is -2.38. The van der Waals surface area contributed by atoms with Crippen LogP contribution in [0.2, 0.25) is 0 Å². The minimum absolute atomic E-state index is 0.130. The Morgan fingerprint density at radius 2 is 1.73 bits per heavy atom. The first-order chi connectivity index (χ1) is 12.4. The van der Waals surface area contributed by atoms with E-state index >= 15 is 0 Å². The van der Waals surface area contributed by atoms with Crippen LogP contribution >= 0.6 is 0 Å². The molecule has 1 aliphatic rings. The molecule has 0 spiro atoms. The summed E-state index contributed by atoms with van der Waals surface area (Å²) in [6, 6.07) is 14.9. The summed E-state index contributed by atoms with van der Waals surface area (Å²) in [4.78, 5) is 12.6. The molecule has 0 radical (unpaired) electrons. The molecule has 2 N–H and O–H groups in total. The van der Waals surface area contributed by atoms with Gasteiger partial charge in [0.05, 0.1) is 18.6 Å². The van der Waals surface area contributed by atoms with Crippen molar-refractivity contribution in [2.75, 3.05) is 13.7 Å². The first kappa shape index (κ1) is 18.4. The topological polar surface area (TPSA) is 95.7 Å². The summed E-state index contributed by atoms with van der Waals surface area (Å²) in [5.74, 6) is -0.751. The van der Waals surface area contributed by atoms with Crippen molar-refractivity contribution in [1.29, 1.82) is 0 Å². The maximum Gasteiger partial charge on any atom is 0.328 e. The van der Waals surface area contributed by atoms with Gasteiger partial charge in [0.2, 0.25) is 0 Å². The van der Waals surface area contributed by atoms with E-state index in [2.05, 4.69) is 0 Å². The van der Waals surface area contributed by atoms with E-state index in [-0.39, 0.29) is 11.5 Å². The molecule has 0 amide bonds. The molecule has 6 nitrogen and oxygen atoms in total. The van der Waals surface area contributed by atoms with Crippen LogP contribution in [-0.2, 0) is 19.4 Å². The molecule has 26 heavy (non-hydrogen) atoms. The molecule has 1 fully saturated rings. The van der Waals surface area contributed by atoms with Crippen molar-refractivity contribution in [3.05, 3.63) is 60.2 Å². The van der Waals surface area contributed by atoms with Crippen LogP contribution in [0.5, 0.6) is 5.75 Å². The number of benzene rings is 2. The summed E-state index contributed by atoms with van der Waals surface area (Å²) in [5, 5.41) is -1.08. The van der Waals surface area contributed by atoms with Crippen molar-refractivity contribution in [2.45, 2.75) is 28.5 Å². The smallest absolute Gasteiger partial charge is 0.328 e. The number of hydrogen-bond donors (Lipinski definition) is 1. The number of esters is 1. The summed E-state index contributed by atoms with van der Waals surface area (Å²) >= 11 is 0. The van der Waals surface area contributed by atoms with Gasteiger partial charge < -0.3 is 15.2 Å². The second-order valence-corrected chi connectivity index (χ2v) is 8.25. The lowest BCUT2D eigenvalue weighted by atomic mass is 10.1. The van der Waals surface area contributed by atoms with Gasteiger partial charge in [0.25, 0.3) is 0 Å². The van der Waals surface area contributed by atoms with E-state index in [0.717, 1.165) is 0 Å². The highest BCUT2D eigenvalue weighted by Crippen LogP contribution is 2.56. The van der Waals surface area contributed by atoms with Crippen LogP contribution in [0.25, 0.3) is 0 Å². The predicted molar refractivity (Wildman–Crippen MR) is 96.7 cm³/mol. The third-order valence-corrected chi connectivity index (χ3v) is 6.95. The predicted octanol–water partition coefficient (Wildman–Crippen LogP) is 1.90. The Morgan fingerprint density at radius 1 is 1.12 bits per heavy atom. The molecule has 2 aromatic rings. The van der Waals surface area contributed by atoms with Crippen LogP contribution in [0, 0.1) is 0 Å². The minimum atomic E-state index is -3.81. The molecule has 3 atom stereocenters. The summed E-state index contributed by atoms with van der Waals surface area (Å²) in [6.45, 7) is 1.79. The lowest BCUT2D eigenvalue weighted by Crippen LogP contribution is -2.41. The lowest BCUT2D eigenvalue weighted by Gasteiger charge is -2.11. The van der Waals surface area contributed by atoms with E-state index in [0.29, 0.717) is 11.3 Å². The van der Waals surface area contributed by atoms with Gasteiger partial charge in [-0.25, -0.2) is 13.2 Å². The van der Waals surface area contributed by atoms with Crippen molar-refractivity contribution in [3.63, 3.8) is 0 Å². The third-order valence-electron chi connectivity index (χ3n) is 4.69. The largest absolute Gasteiger partial charge is 0.497 e. The Labute approximate surface area is 152 Å². The Balaban J connectivity index is 2.04. The SMILES string of the molecule is CCOC(=O)[C@]1(N)[C@H](c2ccc(OC)cc2)[C@H]1S(=O)(=O)c1ccccc1. The molecular weight excluding hydrogens is 354 g/mol. The zero-order chi connectivity index (χ0) is 18.9. The Bertz CT molecular complexity index is 895. The molecule has 0 heterocycles. The van der Waals surface area contributed by atoms with Crippen LogP contribution in [0.15, 0.2) is 59.5 Å². The summed E-state index contributed by atoms with van der Waals surface area (Å²) in [6.07, 6.45) is 0. The number of ether oxygens (including phenoxy) is 2. The number of carbonyl (C=O) groups is 1. The van der Waals surface area contributed by atoms with Gasteiger partial charge >= 0.3 is 5.97 Å². The zero-order valence-electron chi connectivity index (χ0n) is 14.6. The highest BCUT2D eigenvalue weighted by molar-refractivity contribution is 7.92. The molecule has 3 rings (SSSR count). The van der Waals surface area contributed by atoms with Gasteiger partial charge in [-0.05, 0) is 36.8 Å². The number of rotatable bonds is 6.